The number of anilines is 1. The van der Waals surface area contributed by atoms with Crippen molar-refractivity contribution in [2.45, 2.75) is 32.6 Å². The molecule has 1 aromatic carbocycles. The first-order chi connectivity index (χ1) is 10.9. The van der Waals surface area contributed by atoms with E-state index in [9.17, 15) is 0 Å². The van der Waals surface area contributed by atoms with Crippen molar-refractivity contribution < 1.29 is 0 Å². The minimum absolute atomic E-state index is 0.756. The first-order valence-electron chi connectivity index (χ1n) is 7.84. The van der Waals surface area contributed by atoms with Gasteiger partial charge in [-0.25, -0.2) is 4.98 Å². The third-order valence-electron chi connectivity index (χ3n) is 3.30. The first-order valence-corrected chi connectivity index (χ1v) is 7.84. The highest BCUT2D eigenvalue weighted by Crippen LogP contribution is 2.12. The zero-order chi connectivity index (χ0) is 15.5. The lowest BCUT2D eigenvalue weighted by atomic mass is 10.1. The average molecular weight is 293 g/mol. The highest BCUT2D eigenvalue weighted by molar-refractivity contribution is 5.85. The number of allylic oxidation sites excluding steroid dienone is 1. The second-order valence-corrected chi connectivity index (χ2v) is 5.17. The lowest BCUT2D eigenvalue weighted by molar-refractivity contribution is 0.724. The van der Waals surface area contributed by atoms with Crippen LogP contribution in [0.5, 0.6) is 0 Å². The molecule has 0 radical (unpaired) electrons. The Morgan fingerprint density at radius 3 is 2.64 bits per heavy atom. The van der Waals surface area contributed by atoms with Crippen molar-refractivity contribution in [2.75, 3.05) is 5.43 Å². The molecule has 0 aliphatic carbocycles. The first kappa shape index (κ1) is 16.0. The molecule has 0 unspecified atom stereocenters. The van der Waals surface area contributed by atoms with Crippen LogP contribution < -0.4 is 5.43 Å². The molecule has 0 aliphatic heterocycles. The van der Waals surface area contributed by atoms with Gasteiger partial charge in [0, 0.05) is 6.20 Å². The van der Waals surface area contributed by atoms with Gasteiger partial charge in [0.25, 0.3) is 0 Å². The predicted octanol–water partition coefficient (Wildman–Crippen LogP) is 5.14. The summed E-state index contributed by atoms with van der Waals surface area (Å²) in [5.41, 5.74) is 5.40. The molecule has 1 N–H and O–H groups in total. The minimum atomic E-state index is 0.756. The molecule has 1 heterocycles. The van der Waals surface area contributed by atoms with E-state index in [-0.39, 0.29) is 0 Å². The number of unbranched alkanes of at least 4 members (excludes halogenated alkanes) is 2. The van der Waals surface area contributed by atoms with Gasteiger partial charge in [0.1, 0.15) is 5.82 Å². The van der Waals surface area contributed by atoms with Gasteiger partial charge in [-0.2, -0.15) is 5.10 Å². The Kier molecular flexibility index (Phi) is 6.89. The summed E-state index contributed by atoms with van der Waals surface area (Å²) in [5, 5.41) is 4.31. The van der Waals surface area contributed by atoms with E-state index in [1.807, 2.05) is 30.5 Å². The number of benzene rings is 1. The van der Waals surface area contributed by atoms with Gasteiger partial charge in [-0.15, -0.1) is 0 Å². The van der Waals surface area contributed by atoms with Crippen LogP contribution in [0, 0.1) is 0 Å². The third-order valence-corrected chi connectivity index (χ3v) is 3.30. The van der Waals surface area contributed by atoms with Crippen LogP contribution in [0.4, 0.5) is 5.82 Å². The van der Waals surface area contributed by atoms with E-state index in [0.717, 1.165) is 12.2 Å². The Hall–Kier alpha value is -2.42. The van der Waals surface area contributed by atoms with Crippen LogP contribution in [0.15, 0.2) is 65.4 Å². The van der Waals surface area contributed by atoms with Crippen molar-refractivity contribution in [3.63, 3.8) is 0 Å². The second-order valence-electron chi connectivity index (χ2n) is 5.17. The van der Waals surface area contributed by atoms with E-state index >= 15 is 0 Å². The number of pyridine rings is 1. The van der Waals surface area contributed by atoms with Gasteiger partial charge in [0.05, 0.1) is 6.21 Å². The monoisotopic (exact) mass is 293 g/mol. The van der Waals surface area contributed by atoms with E-state index in [2.05, 4.69) is 52.8 Å². The van der Waals surface area contributed by atoms with Gasteiger partial charge in [-0.1, -0.05) is 62.2 Å². The fourth-order valence-electron chi connectivity index (χ4n) is 2.13. The van der Waals surface area contributed by atoms with Crippen LogP contribution in [0.25, 0.3) is 6.08 Å². The zero-order valence-corrected chi connectivity index (χ0v) is 13.1. The SMILES string of the molecule is CCCCCC(/C=N\Nc1ccccn1)=C/c1ccccc1. The molecular weight excluding hydrogens is 270 g/mol. The highest BCUT2D eigenvalue weighted by Gasteiger charge is 1.96. The summed E-state index contributed by atoms with van der Waals surface area (Å²) < 4.78 is 0. The van der Waals surface area contributed by atoms with Crippen molar-refractivity contribution in [2.24, 2.45) is 5.10 Å². The lowest BCUT2D eigenvalue weighted by Gasteiger charge is -2.03. The molecule has 114 valence electrons. The number of hydrogen-bond donors (Lipinski definition) is 1. The van der Waals surface area contributed by atoms with Crippen molar-refractivity contribution in [3.8, 4) is 0 Å². The Labute approximate surface area is 132 Å². The molecule has 3 heteroatoms. The summed E-state index contributed by atoms with van der Waals surface area (Å²) in [5.74, 6) is 0.756. The van der Waals surface area contributed by atoms with E-state index in [1.54, 1.807) is 6.20 Å². The van der Waals surface area contributed by atoms with E-state index in [4.69, 9.17) is 0 Å². The number of rotatable bonds is 8. The summed E-state index contributed by atoms with van der Waals surface area (Å²) >= 11 is 0. The summed E-state index contributed by atoms with van der Waals surface area (Å²) in [4.78, 5) is 4.19. The number of hydrazone groups is 1. The standard InChI is InChI=1S/C19H23N3/c1-2-3-5-12-18(15-17-10-6-4-7-11-17)16-21-22-19-13-8-9-14-20-19/h4,6-11,13-16H,2-3,5,12H2,1H3,(H,20,22)/b18-15-,21-16-. The molecular formula is C19H23N3. The fraction of sp³-hybridized carbons (Fsp3) is 0.263. The molecule has 1 aromatic heterocycles. The summed E-state index contributed by atoms with van der Waals surface area (Å²) in [7, 11) is 0. The third kappa shape index (κ3) is 5.92. The number of nitrogens with one attached hydrogen (secondary N) is 1. The van der Waals surface area contributed by atoms with Crippen LogP contribution in [-0.2, 0) is 0 Å². The van der Waals surface area contributed by atoms with Gasteiger partial charge in [-0.3, -0.25) is 5.43 Å². The quantitative estimate of drug-likeness (QED) is 0.415. The Morgan fingerprint density at radius 2 is 1.91 bits per heavy atom. The normalized spacial score (nSPS) is 11.8. The van der Waals surface area contributed by atoms with Crippen molar-refractivity contribution >= 4 is 18.1 Å². The smallest absolute Gasteiger partial charge is 0.146 e. The molecule has 0 saturated carbocycles. The van der Waals surface area contributed by atoms with Crippen LogP contribution in [0.2, 0.25) is 0 Å². The molecule has 3 nitrogen and oxygen atoms in total. The topological polar surface area (TPSA) is 37.3 Å². The lowest BCUT2D eigenvalue weighted by Crippen LogP contribution is -1.94. The molecule has 0 spiro atoms. The Bertz CT molecular complexity index is 589. The van der Waals surface area contributed by atoms with Gasteiger partial charge in [-0.05, 0) is 36.1 Å². The molecule has 2 aromatic rings. The molecule has 0 fully saturated rings. The van der Waals surface area contributed by atoms with Crippen molar-refractivity contribution in [3.05, 3.63) is 65.9 Å². The van der Waals surface area contributed by atoms with Gasteiger partial charge >= 0.3 is 0 Å². The minimum Gasteiger partial charge on any atom is -0.261 e. The molecule has 0 amide bonds. The number of hydrogen-bond acceptors (Lipinski definition) is 3. The van der Waals surface area contributed by atoms with Crippen LogP contribution in [-0.4, -0.2) is 11.2 Å². The average Bonchev–Trinajstić information content (AvgIpc) is 2.57. The molecule has 2 rings (SSSR count). The second kappa shape index (κ2) is 9.50. The molecule has 0 saturated heterocycles. The zero-order valence-electron chi connectivity index (χ0n) is 13.1. The Morgan fingerprint density at radius 1 is 1.09 bits per heavy atom. The fourth-order valence-corrected chi connectivity index (χ4v) is 2.13. The number of nitrogens with zero attached hydrogens (tertiary/aromatic N) is 2. The van der Waals surface area contributed by atoms with Crippen LogP contribution >= 0.6 is 0 Å². The highest BCUT2D eigenvalue weighted by atomic mass is 15.3. The maximum atomic E-state index is 4.31. The summed E-state index contributed by atoms with van der Waals surface area (Å²) in [6.45, 7) is 2.22. The van der Waals surface area contributed by atoms with Gasteiger partial charge in [0.2, 0.25) is 0 Å². The van der Waals surface area contributed by atoms with Crippen molar-refractivity contribution in [1.82, 2.24) is 4.98 Å². The van der Waals surface area contributed by atoms with Gasteiger partial charge < -0.3 is 0 Å². The van der Waals surface area contributed by atoms with E-state index in [0.29, 0.717) is 0 Å². The predicted molar refractivity (Wildman–Crippen MR) is 94.9 cm³/mol. The van der Waals surface area contributed by atoms with Crippen LogP contribution in [0.3, 0.4) is 0 Å². The van der Waals surface area contributed by atoms with E-state index < -0.39 is 0 Å². The van der Waals surface area contributed by atoms with Gasteiger partial charge in [0.15, 0.2) is 0 Å². The Balaban J connectivity index is 2.02. The summed E-state index contributed by atoms with van der Waals surface area (Å²) in [6, 6.07) is 16.1. The molecule has 0 bridgehead atoms. The van der Waals surface area contributed by atoms with Crippen LogP contribution in [0.1, 0.15) is 38.2 Å². The number of aromatic nitrogens is 1. The molecule has 22 heavy (non-hydrogen) atoms. The summed E-state index contributed by atoms with van der Waals surface area (Å²) in [6.07, 6.45) is 10.5. The van der Waals surface area contributed by atoms with E-state index in [1.165, 1.54) is 30.4 Å². The largest absolute Gasteiger partial charge is 0.261 e. The molecule has 0 aliphatic rings. The van der Waals surface area contributed by atoms with Crippen molar-refractivity contribution in [1.29, 1.82) is 0 Å². The maximum absolute atomic E-state index is 4.31. The maximum Gasteiger partial charge on any atom is 0.146 e. The molecule has 0 atom stereocenters.